The highest BCUT2D eigenvalue weighted by Crippen LogP contribution is 2.20. The van der Waals surface area contributed by atoms with Crippen LogP contribution in [0.25, 0.3) is 0 Å². The highest BCUT2D eigenvalue weighted by molar-refractivity contribution is 7.89. The second-order valence-electron chi connectivity index (χ2n) is 7.52. The van der Waals surface area contributed by atoms with Gasteiger partial charge in [-0.25, -0.2) is 17.6 Å². The fourth-order valence-electron chi connectivity index (χ4n) is 3.71. The van der Waals surface area contributed by atoms with E-state index in [2.05, 4.69) is 20.5 Å². The van der Waals surface area contributed by atoms with Crippen molar-refractivity contribution in [1.82, 2.24) is 14.2 Å². The van der Waals surface area contributed by atoms with Crippen LogP contribution in [-0.4, -0.2) is 73.8 Å². The first-order chi connectivity index (χ1) is 15.3. The second kappa shape index (κ2) is 10.8. The average Bonchev–Trinajstić information content (AvgIpc) is 2.74. The maximum absolute atomic E-state index is 14.2. The van der Waals surface area contributed by atoms with Crippen molar-refractivity contribution in [2.24, 2.45) is 0 Å². The van der Waals surface area contributed by atoms with Gasteiger partial charge in [0.2, 0.25) is 10.0 Å². The van der Waals surface area contributed by atoms with Crippen LogP contribution in [0.3, 0.4) is 0 Å². The van der Waals surface area contributed by atoms with Gasteiger partial charge in [0.15, 0.2) is 0 Å². The number of anilines is 2. The predicted octanol–water partition coefficient (Wildman–Crippen LogP) is 2.35. The molecule has 3 rings (SSSR count). The third-order valence-electron chi connectivity index (χ3n) is 5.14. The minimum atomic E-state index is -3.33. The third-order valence-corrected chi connectivity index (χ3v) is 7.06. The summed E-state index contributed by atoms with van der Waals surface area (Å²) in [6.07, 6.45) is 3.10. The summed E-state index contributed by atoms with van der Waals surface area (Å²) < 4.78 is 45.7. The van der Waals surface area contributed by atoms with Crippen LogP contribution >= 0.6 is 0 Å². The van der Waals surface area contributed by atoms with Crippen molar-refractivity contribution in [2.75, 3.05) is 49.7 Å². The number of rotatable bonds is 8. The molecule has 1 fully saturated rings. The molecule has 0 unspecified atom stereocenters. The van der Waals surface area contributed by atoms with Gasteiger partial charge < -0.3 is 15.4 Å². The van der Waals surface area contributed by atoms with Crippen molar-refractivity contribution in [2.45, 2.75) is 19.5 Å². The van der Waals surface area contributed by atoms with Gasteiger partial charge in [-0.1, -0.05) is 0 Å². The van der Waals surface area contributed by atoms with Crippen LogP contribution in [0.5, 0.6) is 0 Å². The Morgan fingerprint density at radius 3 is 2.72 bits per heavy atom. The zero-order valence-corrected chi connectivity index (χ0v) is 18.9. The van der Waals surface area contributed by atoms with Crippen molar-refractivity contribution in [3.63, 3.8) is 0 Å². The minimum absolute atomic E-state index is 0.0350. The topological polar surface area (TPSA) is 104 Å². The monoisotopic (exact) mass is 465 g/mol. The van der Waals surface area contributed by atoms with Crippen LogP contribution in [-0.2, 0) is 21.3 Å². The Balaban J connectivity index is 1.66. The third kappa shape index (κ3) is 6.45. The number of carbonyl (C=O) groups is 1. The number of nitrogens with one attached hydrogen (secondary N) is 2. The van der Waals surface area contributed by atoms with Crippen molar-refractivity contribution < 1.29 is 22.3 Å². The van der Waals surface area contributed by atoms with E-state index >= 15 is 0 Å². The predicted molar refractivity (Wildman–Crippen MR) is 120 cm³/mol. The molecule has 32 heavy (non-hydrogen) atoms. The standard InChI is InChI=1S/C21H28FN5O4S/c1-3-32(29,30)27-8-7-26(14-20(27)15-31-2)13-16-9-17(22)11-19(10-16)25-21(28)24-18-5-4-6-23-12-18/h4-6,9-12,20H,3,7-8,13-15H2,1-2H3,(H2,24,25,28)/t20-/m0/s1. The van der Waals surface area contributed by atoms with Gasteiger partial charge in [0.05, 0.1) is 30.3 Å². The molecular weight excluding hydrogens is 437 g/mol. The average molecular weight is 466 g/mol. The van der Waals surface area contributed by atoms with E-state index in [0.717, 1.165) is 0 Å². The smallest absolute Gasteiger partial charge is 0.323 e. The van der Waals surface area contributed by atoms with E-state index < -0.39 is 21.9 Å². The molecule has 1 aromatic carbocycles. The van der Waals surface area contributed by atoms with Crippen molar-refractivity contribution in [3.05, 3.63) is 54.1 Å². The summed E-state index contributed by atoms with van der Waals surface area (Å²) in [5.41, 5.74) is 1.51. The molecule has 0 aliphatic carbocycles. The fourth-order valence-corrected chi connectivity index (χ4v) is 4.98. The Hall–Kier alpha value is -2.60. The first-order valence-corrected chi connectivity index (χ1v) is 11.9. The summed E-state index contributed by atoms with van der Waals surface area (Å²) in [5.74, 6) is -0.437. The van der Waals surface area contributed by atoms with E-state index in [1.165, 1.54) is 29.7 Å². The number of sulfonamides is 1. The minimum Gasteiger partial charge on any atom is -0.383 e. The lowest BCUT2D eigenvalue weighted by Crippen LogP contribution is -2.56. The van der Waals surface area contributed by atoms with Gasteiger partial charge in [0, 0.05) is 45.2 Å². The number of methoxy groups -OCH3 is 1. The summed E-state index contributed by atoms with van der Waals surface area (Å²) in [5, 5.41) is 5.26. The van der Waals surface area contributed by atoms with Crippen LogP contribution in [0.2, 0.25) is 0 Å². The van der Waals surface area contributed by atoms with E-state index in [9.17, 15) is 17.6 Å². The Labute approximate surface area is 187 Å². The summed E-state index contributed by atoms with van der Waals surface area (Å²) >= 11 is 0. The van der Waals surface area contributed by atoms with E-state index in [0.29, 0.717) is 43.1 Å². The van der Waals surface area contributed by atoms with Gasteiger partial charge in [-0.05, 0) is 42.8 Å². The Kier molecular flexibility index (Phi) is 8.13. The largest absolute Gasteiger partial charge is 0.383 e. The van der Waals surface area contributed by atoms with E-state index in [-0.39, 0.29) is 18.4 Å². The number of hydrogen-bond acceptors (Lipinski definition) is 6. The normalized spacial score (nSPS) is 17.8. The molecule has 2 heterocycles. The first kappa shape index (κ1) is 24.1. The van der Waals surface area contributed by atoms with Gasteiger partial charge in [0.1, 0.15) is 5.82 Å². The maximum Gasteiger partial charge on any atom is 0.323 e. The quantitative estimate of drug-likeness (QED) is 0.620. The maximum atomic E-state index is 14.2. The molecule has 0 bridgehead atoms. The van der Waals surface area contributed by atoms with Crippen LogP contribution in [0.4, 0.5) is 20.6 Å². The number of carbonyl (C=O) groups excluding carboxylic acids is 1. The number of ether oxygens (including phenoxy) is 1. The molecule has 2 amide bonds. The number of pyridine rings is 1. The molecule has 0 saturated carbocycles. The highest BCUT2D eigenvalue weighted by atomic mass is 32.2. The number of hydrogen-bond donors (Lipinski definition) is 2. The molecule has 11 heteroatoms. The summed E-state index contributed by atoms with van der Waals surface area (Å²) in [6, 6.07) is 6.92. The Morgan fingerprint density at radius 1 is 1.25 bits per heavy atom. The highest BCUT2D eigenvalue weighted by Gasteiger charge is 2.34. The van der Waals surface area contributed by atoms with E-state index in [1.54, 1.807) is 31.3 Å². The van der Waals surface area contributed by atoms with Crippen LogP contribution in [0, 0.1) is 5.82 Å². The van der Waals surface area contributed by atoms with Gasteiger partial charge >= 0.3 is 6.03 Å². The number of urea groups is 1. The van der Waals surface area contributed by atoms with Crippen LogP contribution < -0.4 is 10.6 Å². The number of halogens is 1. The number of aromatic nitrogens is 1. The van der Waals surface area contributed by atoms with Crippen molar-refractivity contribution in [1.29, 1.82) is 0 Å². The van der Waals surface area contributed by atoms with E-state index in [4.69, 9.17) is 4.74 Å². The zero-order chi connectivity index (χ0) is 23.1. The molecule has 1 aromatic heterocycles. The fraction of sp³-hybridized carbons (Fsp3) is 0.429. The lowest BCUT2D eigenvalue weighted by molar-refractivity contribution is 0.0663. The van der Waals surface area contributed by atoms with Crippen molar-refractivity contribution >= 4 is 27.4 Å². The number of piperazine rings is 1. The molecule has 2 N–H and O–H groups in total. The van der Waals surface area contributed by atoms with Gasteiger partial charge in [-0.15, -0.1) is 0 Å². The molecule has 0 radical (unpaired) electrons. The molecule has 9 nitrogen and oxygen atoms in total. The Bertz CT molecular complexity index is 1020. The molecule has 174 valence electrons. The lowest BCUT2D eigenvalue weighted by Gasteiger charge is -2.40. The summed E-state index contributed by atoms with van der Waals surface area (Å²) in [4.78, 5) is 18.2. The molecule has 1 saturated heterocycles. The molecule has 2 aromatic rings. The second-order valence-corrected chi connectivity index (χ2v) is 9.73. The number of nitrogens with zero attached hydrogens (tertiary/aromatic N) is 3. The van der Waals surface area contributed by atoms with Gasteiger partial charge in [-0.3, -0.25) is 9.88 Å². The van der Waals surface area contributed by atoms with Gasteiger partial charge in [0.25, 0.3) is 0 Å². The number of benzene rings is 1. The van der Waals surface area contributed by atoms with E-state index in [1.807, 2.05) is 0 Å². The molecule has 0 spiro atoms. The molecule has 1 atom stereocenters. The molecule has 1 aliphatic rings. The summed E-state index contributed by atoms with van der Waals surface area (Å²) in [6.45, 7) is 3.64. The Morgan fingerprint density at radius 2 is 2.03 bits per heavy atom. The van der Waals surface area contributed by atoms with Crippen LogP contribution in [0.1, 0.15) is 12.5 Å². The lowest BCUT2D eigenvalue weighted by atomic mass is 10.1. The molecular formula is C21H28FN5O4S. The van der Waals surface area contributed by atoms with Gasteiger partial charge in [-0.2, -0.15) is 4.31 Å². The SMILES string of the molecule is CCS(=O)(=O)N1CCN(Cc2cc(F)cc(NC(=O)Nc3cccnc3)c2)C[C@H]1COC. The van der Waals surface area contributed by atoms with Crippen molar-refractivity contribution in [3.8, 4) is 0 Å². The molecule has 1 aliphatic heterocycles. The van der Waals surface area contributed by atoms with Crippen LogP contribution in [0.15, 0.2) is 42.7 Å². The first-order valence-electron chi connectivity index (χ1n) is 10.3. The number of amides is 2. The zero-order valence-electron chi connectivity index (χ0n) is 18.1. The summed E-state index contributed by atoms with van der Waals surface area (Å²) in [7, 11) is -1.80.